The highest BCUT2D eigenvalue weighted by Crippen LogP contribution is 2.31. The van der Waals surface area contributed by atoms with E-state index in [-0.39, 0.29) is 17.7 Å². The number of hydrogen-bond acceptors (Lipinski definition) is 2. The van der Waals surface area contributed by atoms with Gasteiger partial charge >= 0.3 is 5.97 Å². The van der Waals surface area contributed by atoms with Gasteiger partial charge in [0.2, 0.25) is 0 Å². The summed E-state index contributed by atoms with van der Waals surface area (Å²) in [6.07, 6.45) is 4.12. The summed E-state index contributed by atoms with van der Waals surface area (Å²) in [5.74, 6) is -1.29. The van der Waals surface area contributed by atoms with Crippen molar-refractivity contribution in [2.75, 3.05) is 6.54 Å². The lowest BCUT2D eigenvalue weighted by molar-refractivity contribution is -0.142. The van der Waals surface area contributed by atoms with Crippen LogP contribution in [0.25, 0.3) is 0 Å². The molecule has 6 heteroatoms. The van der Waals surface area contributed by atoms with Crippen LogP contribution in [0.15, 0.2) is 12.3 Å². The minimum Gasteiger partial charge on any atom is -0.481 e. The van der Waals surface area contributed by atoms with Gasteiger partial charge in [-0.2, -0.15) is 0 Å². The Hall–Kier alpha value is -1.49. The number of halogens is 1. The Labute approximate surface area is 116 Å². The molecule has 1 aromatic heterocycles. The summed E-state index contributed by atoms with van der Waals surface area (Å²) in [6, 6.07) is 1.60. The molecule has 2 unspecified atom stereocenters. The lowest BCUT2D eigenvalue weighted by Crippen LogP contribution is -2.33. The van der Waals surface area contributed by atoms with Crippen molar-refractivity contribution in [1.29, 1.82) is 0 Å². The summed E-state index contributed by atoms with van der Waals surface area (Å²) in [6.45, 7) is 0.401. The van der Waals surface area contributed by atoms with Crippen molar-refractivity contribution in [3.8, 4) is 0 Å². The molecule has 1 aliphatic carbocycles. The summed E-state index contributed by atoms with van der Waals surface area (Å²) >= 11 is 5.82. The van der Waals surface area contributed by atoms with Gasteiger partial charge in [-0.25, -0.2) is 0 Å². The van der Waals surface area contributed by atoms with Crippen LogP contribution in [0, 0.1) is 11.8 Å². The van der Waals surface area contributed by atoms with E-state index < -0.39 is 5.97 Å². The first-order valence-corrected chi connectivity index (χ1v) is 6.69. The molecule has 0 saturated heterocycles. The normalized spacial score (nSPS) is 22.4. The predicted molar refractivity (Wildman–Crippen MR) is 71.2 cm³/mol. The number of carboxylic acid groups (broad SMARTS) is 1. The maximum absolute atomic E-state index is 12.0. The molecule has 1 fully saturated rings. The van der Waals surface area contributed by atoms with E-state index in [1.165, 1.54) is 0 Å². The Balaban J connectivity index is 1.94. The van der Waals surface area contributed by atoms with E-state index in [1.807, 2.05) is 0 Å². The fraction of sp³-hybridized carbons (Fsp3) is 0.538. The van der Waals surface area contributed by atoms with Gasteiger partial charge in [-0.1, -0.05) is 18.0 Å². The van der Waals surface area contributed by atoms with Gasteiger partial charge in [-0.05, 0) is 24.8 Å². The second kappa shape index (κ2) is 5.65. The topological polar surface area (TPSA) is 71.3 Å². The van der Waals surface area contributed by atoms with E-state index in [1.54, 1.807) is 23.9 Å². The van der Waals surface area contributed by atoms with E-state index in [9.17, 15) is 9.59 Å². The highest BCUT2D eigenvalue weighted by atomic mass is 35.5. The van der Waals surface area contributed by atoms with Gasteiger partial charge in [0.15, 0.2) is 0 Å². The molecule has 1 saturated carbocycles. The van der Waals surface area contributed by atoms with Crippen LogP contribution in [0.2, 0.25) is 5.02 Å². The Morgan fingerprint density at radius 3 is 2.84 bits per heavy atom. The Kier molecular flexibility index (Phi) is 4.14. The maximum Gasteiger partial charge on any atom is 0.306 e. The number of aryl methyl sites for hydroxylation is 1. The van der Waals surface area contributed by atoms with Crippen molar-refractivity contribution in [2.45, 2.75) is 19.3 Å². The molecule has 0 radical (unpaired) electrons. The number of carbonyl (C=O) groups is 2. The smallest absolute Gasteiger partial charge is 0.306 e. The number of aliphatic carboxylic acids is 1. The van der Waals surface area contributed by atoms with Crippen LogP contribution in [0.1, 0.15) is 29.8 Å². The van der Waals surface area contributed by atoms with Crippen LogP contribution >= 0.6 is 11.6 Å². The molecule has 0 aliphatic heterocycles. The largest absolute Gasteiger partial charge is 0.481 e. The molecule has 19 heavy (non-hydrogen) atoms. The zero-order valence-electron chi connectivity index (χ0n) is 10.7. The number of carbonyl (C=O) groups excluding carboxylic acids is 1. The average molecular weight is 285 g/mol. The third-order valence-electron chi connectivity index (χ3n) is 3.71. The molecule has 1 aromatic rings. The summed E-state index contributed by atoms with van der Waals surface area (Å²) in [5.41, 5.74) is 0.481. The third-order valence-corrected chi connectivity index (χ3v) is 3.91. The summed E-state index contributed by atoms with van der Waals surface area (Å²) in [4.78, 5) is 23.0. The number of hydrogen-bond donors (Lipinski definition) is 2. The minimum absolute atomic E-state index is 0.0252. The fourth-order valence-corrected chi connectivity index (χ4v) is 2.92. The molecule has 104 valence electrons. The van der Waals surface area contributed by atoms with Crippen LogP contribution in [-0.4, -0.2) is 28.1 Å². The van der Waals surface area contributed by atoms with Crippen molar-refractivity contribution in [3.05, 3.63) is 23.0 Å². The highest BCUT2D eigenvalue weighted by Gasteiger charge is 2.33. The van der Waals surface area contributed by atoms with Gasteiger partial charge in [0.05, 0.1) is 10.9 Å². The summed E-state index contributed by atoms with van der Waals surface area (Å²) < 4.78 is 1.65. The number of nitrogens with one attached hydrogen (secondary N) is 1. The van der Waals surface area contributed by atoms with Gasteiger partial charge in [0, 0.05) is 19.8 Å². The number of amides is 1. The molecule has 5 nitrogen and oxygen atoms in total. The predicted octanol–water partition coefficient (Wildman–Crippen LogP) is 1.91. The fourth-order valence-electron chi connectivity index (χ4n) is 2.67. The number of carboxylic acids is 1. The Morgan fingerprint density at radius 2 is 2.26 bits per heavy atom. The van der Waals surface area contributed by atoms with Crippen molar-refractivity contribution >= 4 is 23.5 Å². The van der Waals surface area contributed by atoms with E-state index >= 15 is 0 Å². The first kappa shape index (κ1) is 13.9. The van der Waals surface area contributed by atoms with Crippen molar-refractivity contribution in [1.82, 2.24) is 9.88 Å². The van der Waals surface area contributed by atoms with Crippen molar-refractivity contribution < 1.29 is 14.7 Å². The van der Waals surface area contributed by atoms with Crippen LogP contribution in [-0.2, 0) is 11.8 Å². The van der Waals surface area contributed by atoms with E-state index in [0.717, 1.165) is 12.8 Å². The molecule has 0 bridgehead atoms. The van der Waals surface area contributed by atoms with E-state index in [4.69, 9.17) is 16.7 Å². The lowest BCUT2D eigenvalue weighted by Gasteiger charge is -2.16. The molecular formula is C13H17ClN2O3. The number of aromatic nitrogens is 1. The molecule has 2 atom stereocenters. The van der Waals surface area contributed by atoms with Gasteiger partial charge in [-0.3, -0.25) is 9.59 Å². The molecule has 0 spiro atoms. The molecule has 1 aliphatic rings. The number of nitrogens with zero attached hydrogens (tertiary/aromatic N) is 1. The molecule has 2 rings (SSSR count). The molecule has 1 amide bonds. The summed E-state index contributed by atoms with van der Waals surface area (Å²) in [5, 5.41) is 12.4. The summed E-state index contributed by atoms with van der Waals surface area (Å²) in [7, 11) is 1.75. The lowest BCUT2D eigenvalue weighted by atomic mass is 9.96. The van der Waals surface area contributed by atoms with Gasteiger partial charge in [-0.15, -0.1) is 0 Å². The molecular weight excluding hydrogens is 268 g/mol. The van der Waals surface area contributed by atoms with E-state index in [2.05, 4.69) is 5.32 Å². The Bertz CT molecular complexity index is 498. The molecule has 0 aromatic carbocycles. The molecule has 1 heterocycles. The van der Waals surface area contributed by atoms with Gasteiger partial charge in [0.1, 0.15) is 5.69 Å². The zero-order chi connectivity index (χ0) is 14.0. The monoisotopic (exact) mass is 284 g/mol. The van der Waals surface area contributed by atoms with Crippen LogP contribution in [0.3, 0.4) is 0 Å². The van der Waals surface area contributed by atoms with Crippen LogP contribution in [0.5, 0.6) is 0 Å². The maximum atomic E-state index is 12.0. The SMILES string of the molecule is Cn1cc(Cl)cc1C(=O)NCC1CCCC1C(=O)O. The van der Waals surface area contributed by atoms with E-state index in [0.29, 0.717) is 23.7 Å². The highest BCUT2D eigenvalue weighted by molar-refractivity contribution is 6.31. The molecule has 2 N–H and O–H groups in total. The van der Waals surface area contributed by atoms with Crippen LogP contribution in [0.4, 0.5) is 0 Å². The van der Waals surface area contributed by atoms with Crippen molar-refractivity contribution in [3.63, 3.8) is 0 Å². The quantitative estimate of drug-likeness (QED) is 0.887. The van der Waals surface area contributed by atoms with Crippen molar-refractivity contribution in [2.24, 2.45) is 18.9 Å². The van der Waals surface area contributed by atoms with Gasteiger partial charge < -0.3 is 15.0 Å². The standard InChI is InChI=1S/C13H17ClN2O3/c1-16-7-9(14)5-11(16)12(17)15-6-8-3-2-4-10(8)13(18)19/h5,7-8,10H,2-4,6H2,1H3,(H,15,17)(H,18,19). The second-order valence-corrected chi connectivity index (χ2v) is 5.44. The Morgan fingerprint density at radius 1 is 1.53 bits per heavy atom. The average Bonchev–Trinajstić information content (AvgIpc) is 2.92. The third kappa shape index (κ3) is 3.10. The second-order valence-electron chi connectivity index (χ2n) is 5.00. The first-order chi connectivity index (χ1) is 8.99. The minimum atomic E-state index is -0.765. The first-order valence-electron chi connectivity index (χ1n) is 6.32. The van der Waals surface area contributed by atoms with Crippen LogP contribution < -0.4 is 5.32 Å². The van der Waals surface area contributed by atoms with Gasteiger partial charge in [0.25, 0.3) is 5.91 Å². The number of rotatable bonds is 4. The zero-order valence-corrected chi connectivity index (χ0v) is 11.5.